The lowest BCUT2D eigenvalue weighted by Gasteiger charge is -2.00. The zero-order valence-electron chi connectivity index (χ0n) is 10.6. The zero-order chi connectivity index (χ0) is 14.4. The van der Waals surface area contributed by atoms with Gasteiger partial charge in [0, 0.05) is 10.4 Å². The first-order valence-electron chi connectivity index (χ1n) is 5.80. The fourth-order valence-electron chi connectivity index (χ4n) is 2.09. The largest absolute Gasteiger partial charge is 0.310 e. The topological polar surface area (TPSA) is 58.6 Å². The predicted octanol–water partition coefficient (Wildman–Crippen LogP) is 2.94. The molecule has 0 aliphatic carbocycles. The van der Waals surface area contributed by atoms with Gasteiger partial charge in [-0.3, -0.25) is 4.79 Å². The van der Waals surface area contributed by atoms with Crippen LogP contribution in [0.2, 0.25) is 0 Å². The highest BCUT2D eigenvalue weighted by atomic mass is 32.1. The molecule has 0 aromatic carbocycles. The zero-order valence-corrected chi connectivity index (χ0v) is 11.4. The molecule has 0 amide bonds. The van der Waals surface area contributed by atoms with Crippen LogP contribution in [0.25, 0.3) is 20.7 Å². The second-order valence-corrected chi connectivity index (χ2v) is 5.36. The summed E-state index contributed by atoms with van der Waals surface area (Å²) in [4.78, 5) is 23.0. The Morgan fingerprint density at radius 2 is 1.95 bits per heavy atom. The van der Waals surface area contributed by atoms with Gasteiger partial charge in [-0.15, -0.1) is 11.3 Å². The van der Waals surface area contributed by atoms with E-state index < -0.39 is 11.9 Å². The Morgan fingerprint density at radius 3 is 2.65 bits per heavy atom. The highest BCUT2D eigenvalue weighted by Crippen LogP contribution is 2.36. The molecule has 3 aromatic rings. The van der Waals surface area contributed by atoms with Crippen LogP contribution in [0, 0.1) is 25.7 Å². The number of thiophene rings is 1. The smallest absolute Gasteiger partial charge is 0.259 e. The van der Waals surface area contributed by atoms with Crippen molar-refractivity contribution in [1.82, 2.24) is 15.0 Å². The molecule has 0 saturated carbocycles. The number of nitrogens with zero attached hydrogens (tertiary/aromatic N) is 2. The van der Waals surface area contributed by atoms with E-state index in [0.717, 1.165) is 6.07 Å². The normalized spacial score (nSPS) is 11.2. The fourth-order valence-corrected chi connectivity index (χ4v) is 3.33. The minimum absolute atomic E-state index is 0.170. The Bertz CT molecular complexity index is 885. The summed E-state index contributed by atoms with van der Waals surface area (Å²) in [5, 5.41) is 0.430. The third-order valence-corrected chi connectivity index (χ3v) is 4.20. The Hall–Kier alpha value is -2.15. The van der Waals surface area contributed by atoms with Crippen molar-refractivity contribution in [2.75, 3.05) is 0 Å². The summed E-state index contributed by atoms with van der Waals surface area (Å²) in [6.45, 7) is 3.39. The Kier molecular flexibility index (Phi) is 2.86. The molecule has 0 atom stereocenters. The maximum absolute atomic E-state index is 13.8. The van der Waals surface area contributed by atoms with E-state index in [-0.39, 0.29) is 11.1 Å². The number of aromatic nitrogens is 3. The fraction of sp³-hybridized carbons (Fsp3) is 0.154. The van der Waals surface area contributed by atoms with E-state index in [0.29, 0.717) is 26.5 Å². The predicted molar refractivity (Wildman–Crippen MR) is 72.9 cm³/mol. The molecule has 7 heteroatoms. The Morgan fingerprint density at radius 1 is 1.20 bits per heavy atom. The highest BCUT2D eigenvalue weighted by Gasteiger charge is 2.18. The first kappa shape index (κ1) is 12.9. The number of aryl methyl sites for hydroxylation is 2. The molecule has 0 radical (unpaired) electrons. The van der Waals surface area contributed by atoms with Crippen molar-refractivity contribution in [3.63, 3.8) is 0 Å². The second-order valence-electron chi connectivity index (χ2n) is 4.36. The average Bonchev–Trinajstić information content (AvgIpc) is 2.66. The number of hydrogen-bond acceptors (Lipinski definition) is 4. The minimum Gasteiger partial charge on any atom is -0.310 e. The molecule has 0 aliphatic rings. The molecule has 0 saturated heterocycles. The molecule has 20 heavy (non-hydrogen) atoms. The van der Waals surface area contributed by atoms with E-state index in [2.05, 4.69) is 15.0 Å². The number of aromatic amines is 1. The van der Waals surface area contributed by atoms with Gasteiger partial charge in [0.15, 0.2) is 0 Å². The van der Waals surface area contributed by atoms with Gasteiger partial charge in [-0.25, -0.2) is 4.98 Å². The summed E-state index contributed by atoms with van der Waals surface area (Å²) < 4.78 is 26.6. The van der Waals surface area contributed by atoms with E-state index in [1.54, 1.807) is 13.8 Å². The number of H-pyrrole nitrogens is 1. The number of rotatable bonds is 1. The van der Waals surface area contributed by atoms with Gasteiger partial charge in [0.05, 0.1) is 5.39 Å². The lowest BCUT2D eigenvalue weighted by Crippen LogP contribution is -2.08. The van der Waals surface area contributed by atoms with Crippen molar-refractivity contribution < 1.29 is 8.78 Å². The van der Waals surface area contributed by atoms with Crippen LogP contribution in [-0.2, 0) is 0 Å². The summed E-state index contributed by atoms with van der Waals surface area (Å²) in [6, 6.07) is 2.40. The van der Waals surface area contributed by atoms with Gasteiger partial charge in [-0.05, 0) is 31.5 Å². The maximum atomic E-state index is 13.8. The third kappa shape index (κ3) is 1.90. The van der Waals surface area contributed by atoms with Crippen molar-refractivity contribution >= 4 is 21.6 Å². The maximum Gasteiger partial charge on any atom is 0.259 e. The van der Waals surface area contributed by atoms with E-state index in [1.165, 1.54) is 17.4 Å². The Balaban J connectivity index is 2.35. The monoisotopic (exact) mass is 293 g/mol. The van der Waals surface area contributed by atoms with E-state index in [4.69, 9.17) is 0 Å². The van der Waals surface area contributed by atoms with E-state index in [9.17, 15) is 13.6 Å². The van der Waals surface area contributed by atoms with Gasteiger partial charge >= 0.3 is 0 Å². The molecule has 0 spiro atoms. The molecule has 0 aliphatic heterocycles. The minimum atomic E-state index is -0.896. The van der Waals surface area contributed by atoms with Crippen LogP contribution >= 0.6 is 11.3 Å². The lowest BCUT2D eigenvalue weighted by atomic mass is 10.1. The SMILES string of the molecule is Cc1nc2sc(-c3ccc(F)nc3F)c(C)c2c(=O)[nH]1. The van der Waals surface area contributed by atoms with Gasteiger partial charge in [0.25, 0.3) is 5.56 Å². The molecule has 3 aromatic heterocycles. The molecule has 3 rings (SSSR count). The summed E-state index contributed by atoms with van der Waals surface area (Å²) >= 11 is 1.19. The van der Waals surface area contributed by atoms with Gasteiger partial charge in [0.1, 0.15) is 10.7 Å². The molecule has 0 fully saturated rings. The summed E-state index contributed by atoms with van der Waals surface area (Å²) in [6.07, 6.45) is 0. The Labute approximate surface area is 116 Å². The molecule has 0 unspecified atom stereocenters. The van der Waals surface area contributed by atoms with Crippen molar-refractivity contribution in [2.24, 2.45) is 0 Å². The van der Waals surface area contributed by atoms with Gasteiger partial charge < -0.3 is 4.98 Å². The standard InChI is InChI=1S/C13H9F2N3OS/c1-5-9-12(19)16-6(2)17-13(9)20-10(5)7-3-4-8(14)18-11(7)15/h3-4H,1-2H3,(H,16,17,19). The second kappa shape index (κ2) is 4.45. The molecule has 3 heterocycles. The van der Waals surface area contributed by atoms with E-state index in [1.807, 2.05) is 0 Å². The molecule has 4 nitrogen and oxygen atoms in total. The average molecular weight is 293 g/mol. The van der Waals surface area contributed by atoms with Gasteiger partial charge in [-0.1, -0.05) is 0 Å². The number of pyridine rings is 1. The van der Waals surface area contributed by atoms with Crippen molar-refractivity contribution in [1.29, 1.82) is 0 Å². The molecule has 0 bridgehead atoms. The van der Waals surface area contributed by atoms with Crippen LogP contribution in [0.1, 0.15) is 11.4 Å². The van der Waals surface area contributed by atoms with Gasteiger partial charge in [-0.2, -0.15) is 13.8 Å². The summed E-state index contributed by atoms with van der Waals surface area (Å²) in [5.74, 6) is -1.28. The van der Waals surface area contributed by atoms with Gasteiger partial charge in [0.2, 0.25) is 11.9 Å². The summed E-state index contributed by atoms with van der Waals surface area (Å²) in [7, 11) is 0. The highest BCUT2D eigenvalue weighted by molar-refractivity contribution is 7.22. The van der Waals surface area contributed by atoms with Crippen LogP contribution in [0.5, 0.6) is 0 Å². The molecular formula is C13H9F2N3OS. The first-order valence-corrected chi connectivity index (χ1v) is 6.61. The van der Waals surface area contributed by atoms with Crippen LogP contribution in [0.4, 0.5) is 8.78 Å². The number of fused-ring (bicyclic) bond motifs is 1. The summed E-state index contributed by atoms with van der Waals surface area (Å²) in [5.41, 5.74) is 0.526. The van der Waals surface area contributed by atoms with Crippen molar-refractivity contribution in [2.45, 2.75) is 13.8 Å². The quantitative estimate of drug-likeness (QED) is 0.702. The number of hydrogen-bond donors (Lipinski definition) is 1. The van der Waals surface area contributed by atoms with Crippen LogP contribution in [-0.4, -0.2) is 15.0 Å². The third-order valence-electron chi connectivity index (χ3n) is 2.98. The van der Waals surface area contributed by atoms with Crippen LogP contribution in [0.3, 0.4) is 0 Å². The van der Waals surface area contributed by atoms with Crippen LogP contribution in [0.15, 0.2) is 16.9 Å². The lowest BCUT2D eigenvalue weighted by molar-refractivity contribution is 0.515. The number of halogens is 2. The van der Waals surface area contributed by atoms with Crippen molar-refractivity contribution in [3.05, 3.63) is 45.8 Å². The molecule has 102 valence electrons. The van der Waals surface area contributed by atoms with Crippen molar-refractivity contribution in [3.8, 4) is 10.4 Å². The number of nitrogens with one attached hydrogen (secondary N) is 1. The molecule has 1 N–H and O–H groups in total. The van der Waals surface area contributed by atoms with E-state index >= 15 is 0 Å². The first-order chi connectivity index (χ1) is 9.47. The van der Waals surface area contributed by atoms with Crippen LogP contribution < -0.4 is 5.56 Å². The molecular weight excluding hydrogens is 284 g/mol.